The van der Waals surface area contributed by atoms with E-state index in [9.17, 15) is 9.59 Å². The van der Waals surface area contributed by atoms with E-state index in [4.69, 9.17) is 11.6 Å². The average molecular weight is 433 g/mol. The van der Waals surface area contributed by atoms with Gasteiger partial charge in [0.25, 0.3) is 0 Å². The molecule has 0 bridgehead atoms. The van der Waals surface area contributed by atoms with Crippen molar-refractivity contribution in [1.29, 1.82) is 0 Å². The molecular weight excluding hydrogens is 408 g/mol. The van der Waals surface area contributed by atoms with Crippen LogP contribution in [0.4, 0.5) is 5.69 Å². The lowest BCUT2D eigenvalue weighted by Crippen LogP contribution is -2.46. The Morgan fingerprint density at radius 1 is 1.00 bits per heavy atom. The Bertz CT molecular complexity index is 1090. The van der Waals surface area contributed by atoms with Crippen molar-refractivity contribution >= 4 is 29.3 Å². The number of amides is 2. The number of nitrogens with one attached hydrogen (secondary N) is 2. The molecule has 0 spiro atoms. The molecule has 1 aliphatic rings. The first-order valence-corrected chi connectivity index (χ1v) is 10.9. The number of anilines is 1. The minimum absolute atomic E-state index is 0.0879. The molecule has 0 aromatic heterocycles. The van der Waals surface area contributed by atoms with E-state index >= 15 is 0 Å². The Morgan fingerprint density at radius 3 is 2.42 bits per heavy atom. The molecule has 2 amide bonds. The summed E-state index contributed by atoms with van der Waals surface area (Å²) in [7, 11) is 0. The summed E-state index contributed by atoms with van der Waals surface area (Å²) in [6, 6.07) is 24.8. The molecule has 0 radical (unpaired) electrons. The number of thioether (sulfide) groups is 1. The van der Waals surface area contributed by atoms with Crippen LogP contribution in [0, 0.1) is 0 Å². The van der Waals surface area contributed by atoms with Gasteiger partial charge in [0.1, 0.15) is 6.04 Å². The van der Waals surface area contributed by atoms with Gasteiger partial charge in [-0.1, -0.05) is 66.7 Å². The first kappa shape index (κ1) is 21.1. The van der Waals surface area contributed by atoms with Gasteiger partial charge in [-0.25, -0.2) is 5.43 Å². The Hall–Kier alpha value is -3.13. The van der Waals surface area contributed by atoms with Crippen LogP contribution in [0.2, 0.25) is 0 Å². The van der Waals surface area contributed by atoms with Gasteiger partial charge in [0.2, 0.25) is 11.8 Å². The van der Waals surface area contributed by atoms with Crippen molar-refractivity contribution in [3.63, 3.8) is 0 Å². The fourth-order valence-corrected chi connectivity index (χ4v) is 5.29. The monoisotopic (exact) mass is 432 g/mol. The molecule has 1 heterocycles. The molecule has 2 unspecified atom stereocenters. The fourth-order valence-electron chi connectivity index (χ4n) is 3.92. The maximum Gasteiger partial charge on any atom is 0.236 e. The first-order valence-electron chi connectivity index (χ1n) is 10.0. The molecule has 7 heteroatoms. The minimum atomic E-state index is -0.727. The molecule has 3 atom stereocenters. The summed E-state index contributed by atoms with van der Waals surface area (Å²) in [4.78, 5) is 26.3. The molecule has 6 N–H and O–H groups in total. The van der Waals surface area contributed by atoms with Gasteiger partial charge in [-0.2, -0.15) is 0 Å². The lowest BCUT2D eigenvalue weighted by Gasteiger charge is -2.26. The van der Waals surface area contributed by atoms with E-state index in [1.54, 1.807) is 11.8 Å². The van der Waals surface area contributed by atoms with Crippen LogP contribution in [0.25, 0.3) is 0 Å². The number of carbonyl (C=O) groups is 2. The molecule has 1 aliphatic heterocycles. The van der Waals surface area contributed by atoms with Gasteiger partial charge in [-0.05, 0) is 35.2 Å². The number of rotatable bonds is 6. The Morgan fingerprint density at radius 2 is 1.68 bits per heavy atom. The van der Waals surface area contributed by atoms with Crippen LogP contribution in [0.5, 0.6) is 0 Å². The summed E-state index contributed by atoms with van der Waals surface area (Å²) in [5, 5.41) is 2.95. The highest BCUT2D eigenvalue weighted by Gasteiger charge is 2.37. The number of fused-ring (bicyclic) bond motifs is 1. The van der Waals surface area contributed by atoms with Gasteiger partial charge in [0, 0.05) is 4.90 Å². The summed E-state index contributed by atoms with van der Waals surface area (Å²) >= 11 is 1.66. The molecule has 158 valence electrons. The van der Waals surface area contributed by atoms with Gasteiger partial charge < -0.3 is 11.1 Å². The second-order valence-electron chi connectivity index (χ2n) is 7.44. The third-order valence-electron chi connectivity index (χ3n) is 5.47. The van der Waals surface area contributed by atoms with Crippen LogP contribution in [0.1, 0.15) is 27.9 Å². The van der Waals surface area contributed by atoms with E-state index in [-0.39, 0.29) is 11.2 Å². The maximum absolute atomic E-state index is 13.5. The Labute approximate surface area is 185 Å². The Balaban J connectivity index is 1.82. The van der Waals surface area contributed by atoms with E-state index in [0.29, 0.717) is 6.42 Å². The molecule has 0 fully saturated rings. The lowest BCUT2D eigenvalue weighted by molar-refractivity contribution is -0.120. The number of para-hydroxylation sites is 1. The highest BCUT2D eigenvalue weighted by Crippen LogP contribution is 2.50. The van der Waals surface area contributed by atoms with Crippen molar-refractivity contribution in [2.45, 2.75) is 28.5 Å². The highest BCUT2D eigenvalue weighted by molar-refractivity contribution is 7.99. The SMILES string of the molecule is NN[C@@H](Cc1ccccc1C1C(=O)Nc2ccccc2SC1c1ccccc1)C(N)=O. The summed E-state index contributed by atoms with van der Waals surface area (Å²) in [6.45, 7) is 0. The van der Waals surface area contributed by atoms with Gasteiger partial charge >= 0.3 is 0 Å². The van der Waals surface area contributed by atoms with Crippen LogP contribution in [-0.2, 0) is 16.0 Å². The second-order valence-corrected chi connectivity index (χ2v) is 8.62. The molecule has 31 heavy (non-hydrogen) atoms. The topological polar surface area (TPSA) is 110 Å². The van der Waals surface area contributed by atoms with Gasteiger partial charge in [-0.3, -0.25) is 15.4 Å². The number of hydrazine groups is 1. The van der Waals surface area contributed by atoms with E-state index in [1.807, 2.05) is 78.9 Å². The zero-order valence-electron chi connectivity index (χ0n) is 16.8. The standard InChI is InChI=1S/C24H24N4O2S/c25-23(29)19(28-26)14-16-10-4-5-11-17(16)21-22(15-8-2-1-3-9-15)31-20-13-7-6-12-18(20)27-24(21)30/h1-13,19,21-22,28H,14,26H2,(H2,25,29)(H,27,30)/t19-,21?,22?/m0/s1. The maximum atomic E-state index is 13.5. The fraction of sp³-hybridized carbons (Fsp3) is 0.167. The van der Waals surface area contributed by atoms with Crippen molar-refractivity contribution < 1.29 is 9.59 Å². The lowest BCUT2D eigenvalue weighted by atomic mass is 9.85. The first-order chi connectivity index (χ1) is 15.1. The number of hydrogen-bond donors (Lipinski definition) is 4. The molecule has 4 rings (SSSR count). The number of primary amides is 1. The van der Waals surface area contributed by atoms with Crippen molar-refractivity contribution in [3.8, 4) is 0 Å². The smallest absolute Gasteiger partial charge is 0.236 e. The summed E-state index contributed by atoms with van der Waals surface area (Å²) in [5.41, 5.74) is 11.5. The molecule has 0 saturated heterocycles. The average Bonchev–Trinajstić information content (AvgIpc) is 2.94. The number of nitrogens with two attached hydrogens (primary N) is 2. The van der Waals surface area contributed by atoms with E-state index in [0.717, 1.165) is 27.3 Å². The molecule has 3 aromatic carbocycles. The van der Waals surface area contributed by atoms with Crippen molar-refractivity contribution in [2.24, 2.45) is 11.6 Å². The summed E-state index contributed by atoms with van der Waals surface area (Å²) in [5.74, 6) is 4.45. The highest BCUT2D eigenvalue weighted by atomic mass is 32.2. The predicted octanol–water partition coefficient (Wildman–Crippen LogP) is 3.12. The molecule has 6 nitrogen and oxygen atoms in total. The normalized spacial score (nSPS) is 19.1. The third kappa shape index (κ3) is 4.49. The van der Waals surface area contributed by atoms with E-state index in [1.165, 1.54) is 0 Å². The predicted molar refractivity (Wildman–Crippen MR) is 123 cm³/mol. The van der Waals surface area contributed by atoms with Gasteiger partial charge in [0.05, 0.1) is 16.9 Å². The van der Waals surface area contributed by atoms with Crippen LogP contribution >= 0.6 is 11.8 Å². The zero-order valence-corrected chi connectivity index (χ0v) is 17.6. The van der Waals surface area contributed by atoms with Crippen molar-refractivity contribution in [1.82, 2.24) is 5.43 Å². The van der Waals surface area contributed by atoms with Crippen LogP contribution < -0.4 is 22.3 Å². The molecule has 3 aromatic rings. The van der Waals surface area contributed by atoms with Crippen molar-refractivity contribution in [2.75, 3.05) is 5.32 Å². The number of hydrogen-bond acceptors (Lipinski definition) is 5. The van der Waals surface area contributed by atoms with Crippen LogP contribution in [-0.4, -0.2) is 17.9 Å². The van der Waals surface area contributed by atoms with Crippen LogP contribution in [0.3, 0.4) is 0 Å². The van der Waals surface area contributed by atoms with E-state index < -0.39 is 17.9 Å². The summed E-state index contributed by atoms with van der Waals surface area (Å²) in [6.07, 6.45) is 0.297. The van der Waals surface area contributed by atoms with Gasteiger partial charge in [0.15, 0.2) is 0 Å². The minimum Gasteiger partial charge on any atom is -0.368 e. The van der Waals surface area contributed by atoms with Crippen molar-refractivity contribution in [3.05, 3.63) is 95.6 Å². The quantitative estimate of drug-likeness (QED) is 0.353. The van der Waals surface area contributed by atoms with Crippen LogP contribution in [0.15, 0.2) is 83.8 Å². The third-order valence-corrected chi connectivity index (χ3v) is 6.88. The molecule has 0 saturated carbocycles. The molecule has 0 aliphatic carbocycles. The second kappa shape index (κ2) is 9.34. The number of carbonyl (C=O) groups excluding carboxylic acids is 2. The molecular formula is C24H24N4O2S. The zero-order chi connectivity index (χ0) is 21.8. The summed E-state index contributed by atoms with van der Waals surface area (Å²) < 4.78 is 0. The largest absolute Gasteiger partial charge is 0.368 e. The number of benzene rings is 3. The Kier molecular flexibility index (Phi) is 6.36. The van der Waals surface area contributed by atoms with Gasteiger partial charge in [-0.15, -0.1) is 11.8 Å². The van der Waals surface area contributed by atoms with E-state index in [2.05, 4.69) is 10.7 Å².